The Bertz CT molecular complexity index is 759. The van der Waals surface area contributed by atoms with Crippen molar-refractivity contribution in [3.63, 3.8) is 0 Å². The molecule has 6 nitrogen and oxygen atoms in total. The van der Waals surface area contributed by atoms with Gasteiger partial charge in [-0.3, -0.25) is 4.79 Å². The number of carbonyl (C=O) groups excluding carboxylic acids is 1. The maximum Gasteiger partial charge on any atom is 0.307 e. The maximum atomic E-state index is 13.0. The van der Waals surface area contributed by atoms with Gasteiger partial charge in [0.05, 0.1) is 50.6 Å². The van der Waals surface area contributed by atoms with E-state index >= 15 is 0 Å². The maximum absolute atomic E-state index is 13.0. The highest BCUT2D eigenvalue weighted by molar-refractivity contribution is 7.89. The summed E-state index contributed by atoms with van der Waals surface area (Å²) < 4.78 is 34.7. The number of rotatable bonds is 10. The van der Waals surface area contributed by atoms with Crippen LogP contribution in [-0.2, 0) is 26.0 Å². The standard InChI is InChI=1S/C21H35N2O4S/c1-5-7-8-9-18-10-12-19(13-11-18)28(25,26)22-21(16-20(24)27-6-2)14-15-23(3,4)17-21/h10-13,22H,5-9,14-17H2,1-4H3/q+1. The van der Waals surface area contributed by atoms with E-state index in [-0.39, 0.29) is 17.3 Å². The van der Waals surface area contributed by atoms with Gasteiger partial charge in [0.25, 0.3) is 0 Å². The van der Waals surface area contributed by atoms with Crippen molar-refractivity contribution in [3.05, 3.63) is 29.8 Å². The van der Waals surface area contributed by atoms with Crippen LogP contribution in [0.4, 0.5) is 0 Å². The van der Waals surface area contributed by atoms with Gasteiger partial charge in [-0.05, 0) is 37.5 Å². The van der Waals surface area contributed by atoms with Gasteiger partial charge in [-0.2, -0.15) is 4.72 Å². The quantitative estimate of drug-likeness (QED) is 0.365. The second-order valence-corrected chi connectivity index (χ2v) is 10.2. The van der Waals surface area contributed by atoms with Crippen LogP contribution in [0.1, 0.15) is 51.5 Å². The molecule has 0 saturated carbocycles. The van der Waals surface area contributed by atoms with Gasteiger partial charge in [-0.25, -0.2) is 8.42 Å². The third kappa shape index (κ3) is 6.29. The lowest BCUT2D eigenvalue weighted by Crippen LogP contribution is -2.54. The zero-order valence-corrected chi connectivity index (χ0v) is 18.5. The Morgan fingerprint density at radius 2 is 1.86 bits per heavy atom. The van der Waals surface area contributed by atoms with Gasteiger partial charge in [0.15, 0.2) is 0 Å². The summed E-state index contributed by atoms with van der Waals surface area (Å²) in [5.74, 6) is -0.363. The van der Waals surface area contributed by atoms with Crippen molar-refractivity contribution in [2.75, 3.05) is 33.8 Å². The summed E-state index contributed by atoms with van der Waals surface area (Å²) in [7, 11) is 0.373. The number of benzene rings is 1. The number of likely N-dealkylation sites (N-methyl/N-ethyl adjacent to an activating group) is 1. The topological polar surface area (TPSA) is 72.5 Å². The summed E-state index contributed by atoms with van der Waals surface area (Å²) in [6.07, 6.45) is 5.06. The Morgan fingerprint density at radius 1 is 1.18 bits per heavy atom. The summed E-state index contributed by atoms with van der Waals surface area (Å²) in [5.41, 5.74) is 0.335. The molecular weight excluding hydrogens is 376 g/mol. The summed E-state index contributed by atoms with van der Waals surface area (Å²) in [4.78, 5) is 12.4. The third-order valence-corrected chi connectivity index (χ3v) is 6.96. The highest BCUT2D eigenvalue weighted by Crippen LogP contribution is 2.30. The van der Waals surface area contributed by atoms with Gasteiger partial charge in [-0.1, -0.05) is 31.9 Å². The molecule has 0 aliphatic carbocycles. The van der Waals surface area contributed by atoms with E-state index in [0.29, 0.717) is 24.1 Å². The largest absolute Gasteiger partial charge is 0.466 e. The number of sulfonamides is 1. The minimum Gasteiger partial charge on any atom is -0.466 e. The van der Waals surface area contributed by atoms with Crippen LogP contribution in [0.2, 0.25) is 0 Å². The summed E-state index contributed by atoms with van der Waals surface area (Å²) >= 11 is 0. The molecular formula is C21H35N2O4S+. The average Bonchev–Trinajstić information content (AvgIpc) is 2.89. The lowest BCUT2D eigenvalue weighted by atomic mass is 9.96. The van der Waals surface area contributed by atoms with Gasteiger partial charge < -0.3 is 9.22 Å². The molecule has 0 spiro atoms. The molecule has 1 fully saturated rings. The molecule has 7 heteroatoms. The summed E-state index contributed by atoms with van der Waals surface area (Å²) in [6, 6.07) is 7.10. The molecule has 0 radical (unpaired) electrons. The Balaban J connectivity index is 2.17. The van der Waals surface area contributed by atoms with E-state index in [2.05, 4.69) is 11.6 Å². The van der Waals surface area contributed by atoms with Crippen LogP contribution in [-0.4, -0.2) is 58.2 Å². The minimum atomic E-state index is -3.72. The molecule has 1 aliphatic heterocycles. The Morgan fingerprint density at radius 3 is 2.39 bits per heavy atom. The first-order valence-corrected chi connectivity index (χ1v) is 11.7. The van der Waals surface area contributed by atoms with Gasteiger partial charge in [0.1, 0.15) is 0 Å². The van der Waals surface area contributed by atoms with Gasteiger partial charge in [-0.15, -0.1) is 0 Å². The van der Waals surface area contributed by atoms with Gasteiger partial charge in [0, 0.05) is 6.42 Å². The van der Waals surface area contributed by atoms with E-state index in [1.54, 1.807) is 19.1 Å². The van der Waals surface area contributed by atoms with E-state index in [1.165, 1.54) is 6.42 Å². The molecule has 1 saturated heterocycles. The first-order chi connectivity index (χ1) is 13.1. The zero-order valence-electron chi connectivity index (χ0n) is 17.7. The molecule has 158 valence electrons. The number of ether oxygens (including phenoxy) is 1. The average molecular weight is 412 g/mol. The van der Waals surface area contributed by atoms with Crippen molar-refractivity contribution in [1.29, 1.82) is 0 Å². The molecule has 0 amide bonds. The van der Waals surface area contributed by atoms with Crippen LogP contribution in [0.15, 0.2) is 29.2 Å². The number of aryl methyl sites for hydroxylation is 1. The molecule has 28 heavy (non-hydrogen) atoms. The number of nitrogens with zero attached hydrogens (tertiary/aromatic N) is 1. The number of hydrogen-bond acceptors (Lipinski definition) is 4. The van der Waals surface area contributed by atoms with Crippen molar-refractivity contribution in [3.8, 4) is 0 Å². The zero-order chi connectivity index (χ0) is 20.8. The minimum absolute atomic E-state index is 0.0524. The number of carbonyl (C=O) groups is 1. The monoisotopic (exact) mass is 411 g/mol. The molecule has 1 aromatic carbocycles. The fourth-order valence-electron chi connectivity index (χ4n) is 4.00. The molecule has 2 rings (SSSR count). The predicted octanol–water partition coefficient (Wildman–Crippen LogP) is 2.87. The van der Waals surface area contributed by atoms with Crippen molar-refractivity contribution in [2.45, 2.75) is 62.8 Å². The number of hydrogen-bond donors (Lipinski definition) is 1. The highest BCUT2D eigenvalue weighted by atomic mass is 32.2. The molecule has 1 unspecified atom stereocenters. The van der Waals surface area contributed by atoms with Crippen LogP contribution in [0.5, 0.6) is 0 Å². The molecule has 1 atom stereocenters. The molecule has 1 aliphatic rings. The van der Waals surface area contributed by atoms with Crippen LogP contribution in [0.3, 0.4) is 0 Å². The molecule has 1 N–H and O–H groups in total. The smallest absolute Gasteiger partial charge is 0.307 e. The SMILES string of the molecule is CCCCCc1ccc(S(=O)(=O)NC2(CC(=O)OCC)CC[N+](C)(C)C2)cc1. The van der Waals surface area contributed by atoms with E-state index in [4.69, 9.17) is 4.74 Å². The summed E-state index contributed by atoms with van der Waals surface area (Å²) in [6.45, 7) is 5.57. The second kappa shape index (κ2) is 9.37. The lowest BCUT2D eigenvalue weighted by Gasteiger charge is -2.30. The number of esters is 1. The lowest BCUT2D eigenvalue weighted by molar-refractivity contribution is -0.879. The predicted molar refractivity (Wildman–Crippen MR) is 110 cm³/mol. The molecule has 1 heterocycles. The van der Waals surface area contributed by atoms with Crippen LogP contribution < -0.4 is 4.72 Å². The van der Waals surface area contributed by atoms with Gasteiger partial charge >= 0.3 is 5.97 Å². The number of likely N-dealkylation sites (tertiary alicyclic amines) is 1. The first-order valence-electron chi connectivity index (χ1n) is 10.2. The first kappa shape index (κ1) is 22.8. The number of quaternary nitrogens is 1. The van der Waals surface area contributed by atoms with Crippen LogP contribution in [0.25, 0.3) is 0 Å². The van der Waals surface area contributed by atoms with E-state index in [0.717, 1.165) is 31.4 Å². The fourth-order valence-corrected chi connectivity index (χ4v) is 5.43. The third-order valence-electron chi connectivity index (χ3n) is 5.37. The Kier molecular flexibility index (Phi) is 7.65. The fraction of sp³-hybridized carbons (Fsp3) is 0.667. The van der Waals surface area contributed by atoms with Crippen molar-refractivity contribution in [1.82, 2.24) is 4.72 Å². The normalized spacial score (nSPS) is 21.6. The molecule has 0 aromatic heterocycles. The molecule has 1 aromatic rings. The van der Waals surface area contributed by atoms with Crippen LogP contribution >= 0.6 is 0 Å². The van der Waals surface area contributed by atoms with E-state index < -0.39 is 15.6 Å². The van der Waals surface area contributed by atoms with Crippen LogP contribution in [0, 0.1) is 0 Å². The van der Waals surface area contributed by atoms with Gasteiger partial charge in [0.2, 0.25) is 10.0 Å². The molecule has 0 bridgehead atoms. The Labute approximate surface area is 169 Å². The Hall–Kier alpha value is -1.44. The number of nitrogens with one attached hydrogen (secondary N) is 1. The number of unbranched alkanes of at least 4 members (excludes halogenated alkanes) is 2. The highest BCUT2D eigenvalue weighted by Gasteiger charge is 2.48. The van der Waals surface area contributed by atoms with Crippen molar-refractivity contribution in [2.24, 2.45) is 0 Å². The van der Waals surface area contributed by atoms with E-state index in [1.807, 2.05) is 26.2 Å². The van der Waals surface area contributed by atoms with E-state index in [9.17, 15) is 13.2 Å². The van der Waals surface area contributed by atoms with Crippen molar-refractivity contribution < 1.29 is 22.4 Å². The van der Waals surface area contributed by atoms with Crippen molar-refractivity contribution >= 4 is 16.0 Å². The second-order valence-electron chi connectivity index (χ2n) is 8.54. The summed E-state index contributed by atoms with van der Waals surface area (Å²) in [5, 5.41) is 0.